The summed E-state index contributed by atoms with van der Waals surface area (Å²) in [6.07, 6.45) is 0. The van der Waals surface area contributed by atoms with Crippen LogP contribution in [0.5, 0.6) is 11.5 Å². The van der Waals surface area contributed by atoms with Gasteiger partial charge in [-0.1, -0.05) is 35.9 Å². The number of halogens is 1. The number of hydrogen-bond acceptors (Lipinski definition) is 2. The summed E-state index contributed by atoms with van der Waals surface area (Å²) in [7, 11) is 3.35. The molecular weight excluding hydrogens is 276 g/mol. The summed E-state index contributed by atoms with van der Waals surface area (Å²) in [6.45, 7) is 0. The van der Waals surface area contributed by atoms with Gasteiger partial charge in [0, 0.05) is 14.1 Å². The Labute approximate surface area is 122 Å². The van der Waals surface area contributed by atoms with E-state index in [1.165, 1.54) is 4.90 Å². The van der Waals surface area contributed by atoms with Crippen molar-refractivity contribution in [3.8, 4) is 11.5 Å². The quantitative estimate of drug-likeness (QED) is 0.919. The standard InChI is InChI=1S/C15H15ClN2O2/c1-18(2)15(19)17-12-8-4-6-10-14(12)20-13-9-5-3-7-11(13)16/h3-10H,1-2H3,(H,17,19). The summed E-state index contributed by atoms with van der Waals surface area (Å²) in [5.74, 6) is 1.08. The number of carbonyl (C=O) groups is 1. The van der Waals surface area contributed by atoms with Crippen LogP contribution in [0.15, 0.2) is 48.5 Å². The van der Waals surface area contributed by atoms with Crippen molar-refractivity contribution in [3.63, 3.8) is 0 Å². The van der Waals surface area contributed by atoms with E-state index >= 15 is 0 Å². The van der Waals surface area contributed by atoms with Crippen LogP contribution in [-0.2, 0) is 0 Å². The molecular formula is C15H15ClN2O2. The molecule has 1 N–H and O–H groups in total. The van der Waals surface area contributed by atoms with Gasteiger partial charge in [-0.25, -0.2) is 4.79 Å². The zero-order valence-electron chi connectivity index (χ0n) is 11.3. The highest BCUT2D eigenvalue weighted by Crippen LogP contribution is 2.33. The first-order chi connectivity index (χ1) is 9.58. The smallest absolute Gasteiger partial charge is 0.321 e. The predicted molar refractivity (Wildman–Crippen MR) is 80.7 cm³/mol. The van der Waals surface area contributed by atoms with E-state index in [1.807, 2.05) is 24.3 Å². The zero-order valence-corrected chi connectivity index (χ0v) is 12.0. The summed E-state index contributed by atoms with van der Waals surface area (Å²) in [5.41, 5.74) is 0.589. The van der Waals surface area contributed by atoms with Crippen LogP contribution in [0.25, 0.3) is 0 Å². The third kappa shape index (κ3) is 3.42. The number of ether oxygens (including phenoxy) is 1. The molecule has 0 spiro atoms. The van der Waals surface area contributed by atoms with Crippen LogP contribution in [0, 0.1) is 0 Å². The molecule has 0 heterocycles. The van der Waals surface area contributed by atoms with Gasteiger partial charge in [-0.2, -0.15) is 0 Å². The minimum atomic E-state index is -0.222. The number of benzene rings is 2. The van der Waals surface area contributed by atoms with Crippen LogP contribution in [0.2, 0.25) is 5.02 Å². The Balaban J connectivity index is 2.24. The summed E-state index contributed by atoms with van der Waals surface area (Å²) >= 11 is 6.06. The molecule has 0 aromatic heterocycles. The van der Waals surface area contributed by atoms with E-state index < -0.39 is 0 Å². The van der Waals surface area contributed by atoms with Crippen molar-refractivity contribution >= 4 is 23.3 Å². The van der Waals surface area contributed by atoms with Crippen LogP contribution < -0.4 is 10.1 Å². The number of para-hydroxylation sites is 3. The predicted octanol–water partition coefficient (Wildman–Crippen LogP) is 4.23. The maximum Gasteiger partial charge on any atom is 0.321 e. The van der Waals surface area contributed by atoms with Crippen LogP contribution >= 0.6 is 11.6 Å². The van der Waals surface area contributed by atoms with Crippen LogP contribution in [-0.4, -0.2) is 25.0 Å². The fourth-order valence-corrected chi connectivity index (χ4v) is 1.71. The van der Waals surface area contributed by atoms with E-state index in [0.717, 1.165) is 0 Å². The number of nitrogens with zero attached hydrogens (tertiary/aromatic N) is 1. The molecule has 0 atom stereocenters. The largest absolute Gasteiger partial charge is 0.454 e. The lowest BCUT2D eigenvalue weighted by molar-refractivity contribution is 0.230. The number of anilines is 1. The lowest BCUT2D eigenvalue weighted by atomic mass is 10.3. The number of rotatable bonds is 3. The molecule has 0 bridgehead atoms. The Morgan fingerprint density at radius 3 is 2.30 bits per heavy atom. The van der Waals surface area contributed by atoms with Gasteiger partial charge in [0.05, 0.1) is 10.7 Å². The molecule has 4 nitrogen and oxygen atoms in total. The van der Waals surface area contributed by atoms with E-state index in [-0.39, 0.29) is 6.03 Å². The molecule has 0 saturated carbocycles. The average Bonchev–Trinajstić information content (AvgIpc) is 2.43. The first-order valence-corrected chi connectivity index (χ1v) is 6.45. The van der Waals surface area contributed by atoms with Crippen molar-refractivity contribution in [2.45, 2.75) is 0 Å². The SMILES string of the molecule is CN(C)C(=O)Nc1ccccc1Oc1ccccc1Cl. The summed E-state index contributed by atoms with van der Waals surface area (Å²) in [4.78, 5) is 13.2. The van der Waals surface area contributed by atoms with Crippen molar-refractivity contribution < 1.29 is 9.53 Å². The number of carbonyl (C=O) groups excluding carboxylic acids is 1. The minimum absolute atomic E-state index is 0.222. The van der Waals surface area contributed by atoms with Gasteiger partial charge >= 0.3 is 6.03 Å². The van der Waals surface area contributed by atoms with Gasteiger partial charge in [-0.05, 0) is 24.3 Å². The molecule has 2 aromatic rings. The van der Waals surface area contributed by atoms with E-state index in [0.29, 0.717) is 22.2 Å². The van der Waals surface area contributed by atoms with Crippen molar-refractivity contribution in [2.75, 3.05) is 19.4 Å². The van der Waals surface area contributed by atoms with Crippen molar-refractivity contribution in [3.05, 3.63) is 53.6 Å². The van der Waals surface area contributed by atoms with Gasteiger partial charge in [0.1, 0.15) is 5.75 Å². The highest BCUT2D eigenvalue weighted by atomic mass is 35.5. The molecule has 104 valence electrons. The third-order valence-corrected chi connectivity index (χ3v) is 2.90. The minimum Gasteiger partial charge on any atom is -0.454 e. The van der Waals surface area contributed by atoms with Crippen molar-refractivity contribution in [1.82, 2.24) is 4.90 Å². The fraction of sp³-hybridized carbons (Fsp3) is 0.133. The summed E-state index contributed by atoms with van der Waals surface area (Å²) in [6, 6.07) is 14.2. The molecule has 0 unspecified atom stereocenters. The number of nitrogens with one attached hydrogen (secondary N) is 1. The van der Waals surface area contributed by atoms with E-state index in [2.05, 4.69) is 5.32 Å². The van der Waals surface area contributed by atoms with Gasteiger partial charge in [-0.15, -0.1) is 0 Å². The molecule has 2 aromatic carbocycles. The highest BCUT2D eigenvalue weighted by molar-refractivity contribution is 6.32. The first kappa shape index (κ1) is 14.2. The molecule has 0 aliphatic rings. The summed E-state index contributed by atoms with van der Waals surface area (Å²) < 4.78 is 5.76. The molecule has 2 rings (SSSR count). The highest BCUT2D eigenvalue weighted by Gasteiger charge is 2.10. The van der Waals surface area contributed by atoms with Gasteiger partial charge in [0.15, 0.2) is 5.75 Å². The molecule has 0 aliphatic carbocycles. The second kappa shape index (κ2) is 6.30. The molecule has 20 heavy (non-hydrogen) atoms. The van der Waals surface area contributed by atoms with Crippen molar-refractivity contribution in [2.24, 2.45) is 0 Å². The van der Waals surface area contributed by atoms with Gasteiger partial charge < -0.3 is 15.0 Å². The van der Waals surface area contributed by atoms with Gasteiger partial charge in [0.2, 0.25) is 0 Å². The molecule has 0 fully saturated rings. The second-order valence-electron chi connectivity index (χ2n) is 4.35. The molecule has 0 radical (unpaired) electrons. The first-order valence-electron chi connectivity index (χ1n) is 6.07. The Morgan fingerprint density at radius 1 is 1.05 bits per heavy atom. The lowest BCUT2D eigenvalue weighted by Crippen LogP contribution is -2.27. The summed E-state index contributed by atoms with van der Waals surface area (Å²) in [5, 5.41) is 3.28. The second-order valence-corrected chi connectivity index (χ2v) is 4.76. The van der Waals surface area contributed by atoms with E-state index in [1.54, 1.807) is 38.4 Å². The number of urea groups is 1. The molecule has 0 aliphatic heterocycles. The Morgan fingerprint density at radius 2 is 1.65 bits per heavy atom. The lowest BCUT2D eigenvalue weighted by Gasteiger charge is -2.15. The number of amides is 2. The monoisotopic (exact) mass is 290 g/mol. The van der Waals surface area contributed by atoms with Crippen LogP contribution in [0.1, 0.15) is 0 Å². The van der Waals surface area contributed by atoms with Crippen LogP contribution in [0.4, 0.5) is 10.5 Å². The Bertz CT molecular complexity index is 614. The van der Waals surface area contributed by atoms with Gasteiger partial charge in [0.25, 0.3) is 0 Å². The zero-order chi connectivity index (χ0) is 14.5. The maximum atomic E-state index is 11.7. The van der Waals surface area contributed by atoms with E-state index in [9.17, 15) is 4.79 Å². The third-order valence-electron chi connectivity index (χ3n) is 2.59. The molecule has 0 saturated heterocycles. The topological polar surface area (TPSA) is 41.6 Å². The van der Waals surface area contributed by atoms with Gasteiger partial charge in [-0.3, -0.25) is 0 Å². The molecule has 5 heteroatoms. The van der Waals surface area contributed by atoms with E-state index in [4.69, 9.17) is 16.3 Å². The maximum absolute atomic E-state index is 11.7. The Hall–Kier alpha value is -2.20. The average molecular weight is 291 g/mol. The Kier molecular flexibility index (Phi) is 4.48. The molecule has 2 amide bonds. The number of hydrogen-bond donors (Lipinski definition) is 1. The normalized spacial score (nSPS) is 9.95. The van der Waals surface area contributed by atoms with Crippen LogP contribution in [0.3, 0.4) is 0 Å². The fourth-order valence-electron chi connectivity index (χ4n) is 1.53. The van der Waals surface area contributed by atoms with Crippen molar-refractivity contribution in [1.29, 1.82) is 0 Å².